The summed E-state index contributed by atoms with van der Waals surface area (Å²) in [6, 6.07) is 0. The van der Waals surface area contributed by atoms with Crippen LogP contribution in [-0.4, -0.2) is 55.0 Å². The van der Waals surface area contributed by atoms with Crippen LogP contribution in [0.15, 0.2) is 0 Å². The van der Waals surface area contributed by atoms with Crippen molar-refractivity contribution < 1.29 is 22.8 Å². The van der Waals surface area contributed by atoms with Gasteiger partial charge in [-0.15, -0.1) is 0 Å². The van der Waals surface area contributed by atoms with Gasteiger partial charge in [-0.05, 0) is 12.8 Å². The number of hydrogen-bond acceptors (Lipinski definition) is 2. The number of nitrogens with zero attached hydrogens (tertiary/aromatic N) is 2. The number of alkyl halides is 3. The average Bonchev–Trinajstić information content (AvgIpc) is 2.26. The highest BCUT2D eigenvalue weighted by Gasteiger charge is 2.43. The quantitative estimate of drug-likeness (QED) is 0.695. The van der Waals surface area contributed by atoms with Gasteiger partial charge in [-0.3, -0.25) is 9.59 Å². The molecule has 1 rings (SSSR count). The van der Waals surface area contributed by atoms with Gasteiger partial charge >= 0.3 is 12.1 Å². The zero-order valence-electron chi connectivity index (χ0n) is 9.75. The van der Waals surface area contributed by atoms with Crippen LogP contribution in [0.4, 0.5) is 13.2 Å². The summed E-state index contributed by atoms with van der Waals surface area (Å²) in [5.74, 6) is -2.18. The Balaban J connectivity index is 2.52. The van der Waals surface area contributed by atoms with Crippen molar-refractivity contribution >= 4 is 11.8 Å². The molecule has 0 atom stereocenters. The van der Waals surface area contributed by atoms with E-state index in [4.69, 9.17) is 0 Å². The topological polar surface area (TPSA) is 40.6 Å². The van der Waals surface area contributed by atoms with E-state index < -0.39 is 12.1 Å². The molecule has 0 N–H and O–H groups in total. The second kappa shape index (κ2) is 4.93. The Bertz CT molecular complexity index is 307. The van der Waals surface area contributed by atoms with Crippen LogP contribution in [0.1, 0.15) is 12.8 Å². The Hall–Kier alpha value is -1.27. The summed E-state index contributed by atoms with van der Waals surface area (Å²) in [5, 5.41) is 0. The molecule has 0 radical (unpaired) electrons. The molecule has 1 saturated heterocycles. The first-order chi connectivity index (χ1) is 7.73. The molecule has 0 aromatic heterocycles. The Morgan fingerprint density at radius 3 is 2.00 bits per heavy atom. The van der Waals surface area contributed by atoms with Gasteiger partial charge in [-0.1, -0.05) is 0 Å². The number of likely N-dealkylation sites (tertiary alicyclic amines) is 1. The lowest BCUT2D eigenvalue weighted by atomic mass is 9.95. The maximum Gasteiger partial charge on any atom is 0.471 e. The van der Waals surface area contributed by atoms with Crippen molar-refractivity contribution in [3.8, 4) is 0 Å². The molecule has 2 amide bonds. The first-order valence-electron chi connectivity index (χ1n) is 5.30. The fraction of sp³-hybridized carbons (Fsp3) is 0.800. The van der Waals surface area contributed by atoms with Crippen molar-refractivity contribution in [1.29, 1.82) is 0 Å². The maximum atomic E-state index is 12.2. The van der Waals surface area contributed by atoms with Gasteiger partial charge in [0.1, 0.15) is 0 Å². The molecule has 98 valence electrons. The molecule has 1 aliphatic rings. The second-order valence-corrected chi connectivity index (χ2v) is 4.30. The van der Waals surface area contributed by atoms with Gasteiger partial charge in [0.2, 0.25) is 5.91 Å². The summed E-state index contributed by atoms with van der Waals surface area (Å²) in [6.45, 7) is -0.0226. The Labute approximate surface area is 97.4 Å². The molecule has 0 saturated carbocycles. The smallest absolute Gasteiger partial charge is 0.349 e. The predicted molar refractivity (Wildman–Crippen MR) is 54.1 cm³/mol. The largest absolute Gasteiger partial charge is 0.471 e. The third-order valence-electron chi connectivity index (χ3n) is 2.81. The number of carbonyl (C=O) groups excluding carboxylic acids is 2. The van der Waals surface area contributed by atoms with Gasteiger partial charge in [0.05, 0.1) is 0 Å². The Morgan fingerprint density at radius 1 is 1.18 bits per heavy atom. The van der Waals surface area contributed by atoms with Crippen LogP contribution >= 0.6 is 0 Å². The first-order valence-corrected chi connectivity index (χ1v) is 5.30. The lowest BCUT2D eigenvalue weighted by molar-refractivity contribution is -0.187. The van der Waals surface area contributed by atoms with Crippen molar-refractivity contribution in [1.82, 2.24) is 9.80 Å². The highest BCUT2D eigenvalue weighted by Crippen LogP contribution is 2.24. The SMILES string of the molecule is CN(C)C(=O)C1CCN(C(=O)C(F)(F)F)CC1. The van der Waals surface area contributed by atoms with Crippen LogP contribution < -0.4 is 0 Å². The molecule has 0 aromatic carbocycles. The van der Waals surface area contributed by atoms with E-state index in [9.17, 15) is 22.8 Å². The van der Waals surface area contributed by atoms with Gasteiger partial charge in [0.25, 0.3) is 0 Å². The van der Waals surface area contributed by atoms with Gasteiger partial charge in [0.15, 0.2) is 0 Å². The molecular weight excluding hydrogens is 237 g/mol. The summed E-state index contributed by atoms with van der Waals surface area (Å²) >= 11 is 0. The van der Waals surface area contributed by atoms with Crippen LogP contribution in [0.3, 0.4) is 0 Å². The van der Waals surface area contributed by atoms with E-state index in [0.29, 0.717) is 12.8 Å². The average molecular weight is 252 g/mol. The summed E-state index contributed by atoms with van der Waals surface area (Å²) < 4.78 is 36.5. The van der Waals surface area contributed by atoms with Crippen molar-refractivity contribution in [3.05, 3.63) is 0 Å². The number of carbonyl (C=O) groups is 2. The highest BCUT2D eigenvalue weighted by atomic mass is 19.4. The zero-order chi connectivity index (χ0) is 13.2. The van der Waals surface area contributed by atoms with Gasteiger partial charge in [0, 0.05) is 33.1 Å². The van der Waals surface area contributed by atoms with Crippen molar-refractivity contribution in [2.45, 2.75) is 19.0 Å². The maximum absolute atomic E-state index is 12.2. The van der Waals surface area contributed by atoms with Crippen molar-refractivity contribution in [2.24, 2.45) is 5.92 Å². The van der Waals surface area contributed by atoms with Crippen LogP contribution in [0.25, 0.3) is 0 Å². The fourth-order valence-corrected chi connectivity index (χ4v) is 1.87. The van der Waals surface area contributed by atoms with Crippen molar-refractivity contribution in [3.63, 3.8) is 0 Å². The minimum atomic E-state index is -4.82. The van der Waals surface area contributed by atoms with E-state index in [1.165, 1.54) is 4.90 Å². The number of rotatable bonds is 1. The molecule has 0 unspecified atom stereocenters. The summed E-state index contributed by atoms with van der Waals surface area (Å²) in [5.41, 5.74) is 0. The molecule has 1 heterocycles. The van der Waals surface area contributed by atoms with E-state index in [2.05, 4.69) is 0 Å². The predicted octanol–water partition coefficient (Wildman–Crippen LogP) is 0.875. The van der Waals surface area contributed by atoms with E-state index >= 15 is 0 Å². The molecule has 0 aliphatic carbocycles. The highest BCUT2D eigenvalue weighted by molar-refractivity contribution is 5.83. The van der Waals surface area contributed by atoms with E-state index in [1.54, 1.807) is 14.1 Å². The molecule has 1 fully saturated rings. The summed E-state index contributed by atoms with van der Waals surface area (Å²) in [7, 11) is 3.21. The Kier molecular flexibility index (Phi) is 4.00. The minimum absolute atomic E-state index is 0.0113. The molecule has 1 aliphatic heterocycles. The second-order valence-electron chi connectivity index (χ2n) is 4.30. The van der Waals surface area contributed by atoms with Crippen LogP contribution in [-0.2, 0) is 9.59 Å². The van der Waals surface area contributed by atoms with Crippen molar-refractivity contribution in [2.75, 3.05) is 27.2 Å². The lowest BCUT2D eigenvalue weighted by Crippen LogP contribution is -2.47. The molecule has 17 heavy (non-hydrogen) atoms. The summed E-state index contributed by atoms with van der Waals surface area (Å²) in [4.78, 5) is 24.7. The Morgan fingerprint density at radius 2 is 1.65 bits per heavy atom. The van der Waals surface area contributed by atoms with E-state index in [-0.39, 0.29) is 24.9 Å². The fourth-order valence-electron chi connectivity index (χ4n) is 1.87. The standard InChI is InChI=1S/C10H15F3N2O2/c1-14(2)8(16)7-3-5-15(6-4-7)9(17)10(11,12)13/h7H,3-6H2,1-2H3. The van der Waals surface area contributed by atoms with Crippen LogP contribution in [0, 0.1) is 5.92 Å². The number of hydrogen-bond donors (Lipinski definition) is 0. The van der Waals surface area contributed by atoms with Gasteiger partial charge in [-0.25, -0.2) is 0 Å². The first kappa shape index (κ1) is 13.8. The number of amides is 2. The van der Waals surface area contributed by atoms with Gasteiger partial charge < -0.3 is 9.80 Å². The number of halogens is 3. The third-order valence-corrected chi connectivity index (χ3v) is 2.81. The normalized spacial score (nSPS) is 18.1. The van der Waals surface area contributed by atoms with E-state index in [1.807, 2.05) is 0 Å². The molecule has 4 nitrogen and oxygen atoms in total. The van der Waals surface area contributed by atoms with E-state index in [0.717, 1.165) is 4.90 Å². The molecule has 7 heteroatoms. The number of piperidine rings is 1. The molecule has 0 aromatic rings. The monoisotopic (exact) mass is 252 g/mol. The minimum Gasteiger partial charge on any atom is -0.349 e. The third kappa shape index (κ3) is 3.34. The lowest BCUT2D eigenvalue weighted by Gasteiger charge is -2.32. The van der Waals surface area contributed by atoms with Gasteiger partial charge in [-0.2, -0.15) is 13.2 Å². The zero-order valence-corrected chi connectivity index (χ0v) is 9.75. The molecular formula is C10H15F3N2O2. The van der Waals surface area contributed by atoms with Crippen LogP contribution in [0.2, 0.25) is 0 Å². The molecule has 0 bridgehead atoms. The molecule has 0 spiro atoms. The van der Waals surface area contributed by atoms with Crippen LogP contribution in [0.5, 0.6) is 0 Å². The summed E-state index contributed by atoms with van der Waals surface area (Å²) in [6.07, 6.45) is -4.24.